The van der Waals surface area contributed by atoms with Crippen molar-refractivity contribution >= 4 is 22.2 Å². The van der Waals surface area contributed by atoms with Gasteiger partial charge in [-0.2, -0.15) is 0 Å². The highest BCUT2D eigenvalue weighted by atomic mass is 16.1. The number of ketones is 1. The SMILES string of the molecule is Cc1ncc(-c2ccc3cnc(CC(=O)c4cccc(N5CCNCC5)c4)cc3c2)n1C. The van der Waals surface area contributed by atoms with E-state index in [2.05, 4.69) is 49.0 Å². The van der Waals surface area contributed by atoms with Crippen molar-refractivity contribution in [3.63, 3.8) is 0 Å². The summed E-state index contributed by atoms with van der Waals surface area (Å²) in [5, 5.41) is 5.50. The van der Waals surface area contributed by atoms with Crippen molar-refractivity contribution in [3.05, 3.63) is 78.0 Å². The fourth-order valence-corrected chi connectivity index (χ4v) is 4.28. The molecule has 0 aliphatic carbocycles. The van der Waals surface area contributed by atoms with Crippen molar-refractivity contribution in [2.24, 2.45) is 7.05 Å². The summed E-state index contributed by atoms with van der Waals surface area (Å²) < 4.78 is 2.08. The molecule has 4 aromatic rings. The smallest absolute Gasteiger partial charge is 0.168 e. The lowest BCUT2D eigenvalue weighted by Crippen LogP contribution is -2.43. The van der Waals surface area contributed by atoms with Gasteiger partial charge in [0, 0.05) is 67.3 Å². The van der Waals surface area contributed by atoms with Crippen LogP contribution in [-0.4, -0.2) is 46.5 Å². The third-order valence-corrected chi connectivity index (χ3v) is 6.29. The lowest BCUT2D eigenvalue weighted by molar-refractivity contribution is 0.0992. The average molecular weight is 426 g/mol. The topological polar surface area (TPSA) is 63.1 Å². The molecule has 0 amide bonds. The molecule has 3 heterocycles. The number of aromatic nitrogens is 3. The Kier molecular flexibility index (Phi) is 5.45. The molecule has 6 nitrogen and oxygen atoms in total. The number of pyridine rings is 1. The Morgan fingerprint density at radius 2 is 1.84 bits per heavy atom. The van der Waals surface area contributed by atoms with E-state index in [-0.39, 0.29) is 12.2 Å². The zero-order chi connectivity index (χ0) is 22.1. The first-order chi connectivity index (χ1) is 15.6. The van der Waals surface area contributed by atoms with Crippen LogP contribution in [0.5, 0.6) is 0 Å². The molecule has 5 rings (SSSR count). The molecule has 0 saturated carbocycles. The molecular weight excluding hydrogens is 398 g/mol. The summed E-state index contributed by atoms with van der Waals surface area (Å²) in [6, 6.07) is 16.3. The fraction of sp³-hybridized carbons (Fsp3) is 0.269. The van der Waals surface area contributed by atoms with Crippen LogP contribution in [0.3, 0.4) is 0 Å². The molecule has 1 aliphatic rings. The number of fused-ring (bicyclic) bond motifs is 1. The standard InChI is InChI=1S/C26H27N5O/c1-18-28-17-25(30(18)2)19-6-7-21-16-29-23(13-22(21)12-19)15-26(32)20-4-3-5-24(14-20)31-10-8-27-9-11-31/h3-7,12-14,16-17,27H,8-11,15H2,1-2H3. The van der Waals surface area contributed by atoms with Gasteiger partial charge in [0.1, 0.15) is 5.82 Å². The number of anilines is 1. The van der Waals surface area contributed by atoms with Gasteiger partial charge in [-0.25, -0.2) is 4.98 Å². The predicted molar refractivity (Wildman–Crippen MR) is 128 cm³/mol. The summed E-state index contributed by atoms with van der Waals surface area (Å²) in [6.07, 6.45) is 4.04. The second kappa shape index (κ2) is 8.55. The maximum Gasteiger partial charge on any atom is 0.168 e. The minimum absolute atomic E-state index is 0.0900. The van der Waals surface area contributed by atoms with Gasteiger partial charge in [0.25, 0.3) is 0 Å². The molecule has 0 atom stereocenters. The Balaban J connectivity index is 1.39. The van der Waals surface area contributed by atoms with E-state index in [1.807, 2.05) is 50.6 Å². The summed E-state index contributed by atoms with van der Waals surface area (Å²) >= 11 is 0. The van der Waals surface area contributed by atoms with Crippen LogP contribution in [-0.2, 0) is 13.5 Å². The minimum atomic E-state index is 0.0900. The third kappa shape index (κ3) is 4.01. The maximum absolute atomic E-state index is 13.0. The van der Waals surface area contributed by atoms with Crippen LogP contribution in [0.4, 0.5) is 5.69 Å². The molecule has 0 unspecified atom stereocenters. The summed E-state index contributed by atoms with van der Waals surface area (Å²) in [5.41, 5.74) is 4.81. The molecule has 2 aromatic heterocycles. The molecule has 2 aromatic carbocycles. The average Bonchev–Trinajstić information content (AvgIpc) is 3.17. The van der Waals surface area contributed by atoms with Crippen LogP contribution in [0.15, 0.2) is 60.9 Å². The van der Waals surface area contributed by atoms with Crippen molar-refractivity contribution in [2.45, 2.75) is 13.3 Å². The molecule has 0 spiro atoms. The Morgan fingerprint density at radius 3 is 2.62 bits per heavy atom. The monoisotopic (exact) mass is 425 g/mol. The number of nitrogens with zero attached hydrogens (tertiary/aromatic N) is 4. The van der Waals surface area contributed by atoms with Crippen LogP contribution in [0, 0.1) is 6.92 Å². The van der Waals surface area contributed by atoms with E-state index in [0.717, 1.165) is 71.0 Å². The highest BCUT2D eigenvalue weighted by Gasteiger charge is 2.14. The summed E-state index contributed by atoms with van der Waals surface area (Å²) in [5.74, 6) is 1.07. The largest absolute Gasteiger partial charge is 0.369 e. The van der Waals surface area contributed by atoms with Crippen molar-refractivity contribution < 1.29 is 4.79 Å². The van der Waals surface area contributed by atoms with Crippen LogP contribution in [0.2, 0.25) is 0 Å². The van der Waals surface area contributed by atoms with E-state index in [1.165, 1.54) is 0 Å². The number of nitrogens with one attached hydrogen (secondary N) is 1. The van der Waals surface area contributed by atoms with Crippen molar-refractivity contribution in [1.29, 1.82) is 0 Å². The number of hydrogen-bond acceptors (Lipinski definition) is 5. The Morgan fingerprint density at radius 1 is 1.00 bits per heavy atom. The molecule has 0 bridgehead atoms. The van der Waals surface area contributed by atoms with Gasteiger partial charge in [-0.1, -0.05) is 24.3 Å². The number of hydrogen-bond donors (Lipinski definition) is 1. The van der Waals surface area contributed by atoms with Gasteiger partial charge in [-0.3, -0.25) is 9.78 Å². The zero-order valence-electron chi connectivity index (χ0n) is 18.5. The van der Waals surface area contributed by atoms with E-state index in [1.54, 1.807) is 0 Å². The van der Waals surface area contributed by atoms with E-state index < -0.39 is 0 Å². The number of carbonyl (C=O) groups is 1. The number of aryl methyl sites for hydroxylation is 1. The van der Waals surface area contributed by atoms with Gasteiger partial charge in [0.2, 0.25) is 0 Å². The van der Waals surface area contributed by atoms with Gasteiger partial charge in [0.15, 0.2) is 5.78 Å². The van der Waals surface area contributed by atoms with Crippen molar-refractivity contribution in [2.75, 3.05) is 31.1 Å². The molecule has 162 valence electrons. The Hall–Kier alpha value is -3.51. The molecular formula is C26H27N5O. The van der Waals surface area contributed by atoms with Crippen molar-refractivity contribution in [1.82, 2.24) is 19.9 Å². The summed E-state index contributed by atoms with van der Waals surface area (Å²) in [7, 11) is 2.02. The van der Waals surface area contributed by atoms with E-state index in [0.29, 0.717) is 0 Å². The predicted octanol–water partition coefficient (Wildman–Crippen LogP) is 3.78. The quantitative estimate of drug-likeness (QED) is 0.493. The molecule has 1 N–H and O–H groups in total. The van der Waals surface area contributed by atoms with Gasteiger partial charge >= 0.3 is 0 Å². The lowest BCUT2D eigenvalue weighted by Gasteiger charge is -2.29. The Labute approximate surface area is 187 Å². The number of rotatable bonds is 5. The van der Waals surface area contributed by atoms with Gasteiger partial charge in [-0.05, 0) is 36.6 Å². The molecule has 0 radical (unpaired) electrons. The molecule has 6 heteroatoms. The number of benzene rings is 2. The second-order valence-electron chi connectivity index (χ2n) is 8.37. The van der Waals surface area contributed by atoms with Gasteiger partial charge < -0.3 is 14.8 Å². The first-order valence-electron chi connectivity index (χ1n) is 11.0. The summed E-state index contributed by atoms with van der Waals surface area (Å²) in [4.78, 5) is 24.3. The minimum Gasteiger partial charge on any atom is -0.369 e. The first kappa shape index (κ1) is 20.4. The molecule has 1 saturated heterocycles. The molecule has 1 fully saturated rings. The molecule has 1 aliphatic heterocycles. The van der Waals surface area contributed by atoms with Crippen LogP contribution in [0.25, 0.3) is 22.0 Å². The van der Waals surface area contributed by atoms with E-state index >= 15 is 0 Å². The van der Waals surface area contributed by atoms with E-state index in [9.17, 15) is 4.79 Å². The third-order valence-electron chi connectivity index (χ3n) is 6.29. The number of imidazole rings is 1. The zero-order valence-corrected chi connectivity index (χ0v) is 18.5. The van der Waals surface area contributed by atoms with Crippen LogP contribution < -0.4 is 10.2 Å². The number of piperazine rings is 1. The van der Waals surface area contributed by atoms with Gasteiger partial charge in [0.05, 0.1) is 18.3 Å². The van der Waals surface area contributed by atoms with Crippen LogP contribution in [0.1, 0.15) is 21.9 Å². The number of carbonyl (C=O) groups excluding carboxylic acids is 1. The highest BCUT2D eigenvalue weighted by Crippen LogP contribution is 2.25. The maximum atomic E-state index is 13.0. The summed E-state index contributed by atoms with van der Waals surface area (Å²) in [6.45, 7) is 5.86. The second-order valence-corrected chi connectivity index (χ2v) is 8.37. The van der Waals surface area contributed by atoms with Gasteiger partial charge in [-0.15, -0.1) is 0 Å². The fourth-order valence-electron chi connectivity index (χ4n) is 4.28. The Bertz CT molecular complexity index is 1290. The highest BCUT2D eigenvalue weighted by molar-refractivity contribution is 5.98. The first-order valence-corrected chi connectivity index (χ1v) is 11.0. The normalized spacial score (nSPS) is 14.1. The number of Topliss-reactive ketones (excluding diaryl/α,β-unsaturated/α-hetero) is 1. The molecule has 32 heavy (non-hydrogen) atoms. The lowest BCUT2D eigenvalue weighted by atomic mass is 10.0. The van der Waals surface area contributed by atoms with Crippen LogP contribution >= 0.6 is 0 Å². The van der Waals surface area contributed by atoms with Crippen molar-refractivity contribution in [3.8, 4) is 11.3 Å². The van der Waals surface area contributed by atoms with E-state index in [4.69, 9.17) is 0 Å².